The van der Waals surface area contributed by atoms with Crippen LogP contribution < -0.4 is 0 Å². The second-order valence-electron chi connectivity index (χ2n) is 6.75. The highest BCUT2D eigenvalue weighted by Gasteiger charge is 2.39. The van der Waals surface area contributed by atoms with Gasteiger partial charge in [0.15, 0.2) is 0 Å². The number of hydrogen-bond acceptors (Lipinski definition) is 3. The van der Waals surface area contributed by atoms with Crippen molar-refractivity contribution >= 4 is 10.0 Å². The Morgan fingerprint density at radius 1 is 1.05 bits per heavy atom. The monoisotopic (exact) mass is 303 g/mol. The van der Waals surface area contributed by atoms with Crippen molar-refractivity contribution in [2.45, 2.75) is 64.2 Å². The molecule has 0 saturated carbocycles. The van der Waals surface area contributed by atoms with E-state index in [2.05, 4.69) is 20.8 Å². The maximum absolute atomic E-state index is 13.0. The first-order chi connectivity index (χ1) is 9.43. The zero-order chi connectivity index (χ0) is 14.8. The molecule has 2 saturated heterocycles. The molecule has 0 bridgehead atoms. The molecule has 0 N–H and O–H groups in total. The lowest BCUT2D eigenvalue weighted by atomic mass is 9.96. The molecule has 0 aliphatic carbocycles. The number of sulfonamides is 1. The van der Waals surface area contributed by atoms with Gasteiger partial charge in [-0.2, -0.15) is 4.31 Å². The van der Waals surface area contributed by atoms with Crippen LogP contribution in [0.3, 0.4) is 0 Å². The molecule has 2 atom stereocenters. The Hall–Kier alpha value is -0.130. The van der Waals surface area contributed by atoms with Crippen molar-refractivity contribution in [2.75, 3.05) is 19.8 Å². The topological polar surface area (TPSA) is 46.6 Å². The SMILES string of the molecule is CC(C)[C@@H]1CC[C@@H](C)CCN1S(=O)(=O)C1CCOCC1. The molecule has 0 unspecified atom stereocenters. The fraction of sp³-hybridized carbons (Fsp3) is 1.00. The minimum absolute atomic E-state index is 0.174. The normalized spacial score (nSPS) is 31.4. The minimum Gasteiger partial charge on any atom is -0.381 e. The summed E-state index contributed by atoms with van der Waals surface area (Å²) < 4.78 is 33.1. The molecular formula is C15H29NO3S. The summed E-state index contributed by atoms with van der Waals surface area (Å²) in [6.45, 7) is 8.40. The maximum atomic E-state index is 13.0. The molecule has 0 spiro atoms. The van der Waals surface area contributed by atoms with Crippen LogP contribution in [0.15, 0.2) is 0 Å². The van der Waals surface area contributed by atoms with Gasteiger partial charge in [-0.3, -0.25) is 0 Å². The first-order valence-electron chi connectivity index (χ1n) is 8.01. The highest BCUT2D eigenvalue weighted by Crippen LogP contribution is 2.31. The van der Waals surface area contributed by atoms with Crippen LogP contribution in [0.1, 0.15) is 52.9 Å². The van der Waals surface area contributed by atoms with E-state index in [0.717, 1.165) is 19.3 Å². The second-order valence-corrected chi connectivity index (χ2v) is 8.92. The Morgan fingerprint density at radius 3 is 2.30 bits per heavy atom. The predicted octanol–water partition coefficient (Wildman–Crippen LogP) is 2.64. The van der Waals surface area contributed by atoms with Gasteiger partial charge in [-0.05, 0) is 43.9 Å². The van der Waals surface area contributed by atoms with E-state index in [-0.39, 0.29) is 11.3 Å². The molecule has 0 amide bonds. The zero-order valence-electron chi connectivity index (χ0n) is 13.0. The Labute approximate surface area is 123 Å². The summed E-state index contributed by atoms with van der Waals surface area (Å²) in [5.41, 5.74) is 0. The van der Waals surface area contributed by atoms with Gasteiger partial charge in [0.25, 0.3) is 0 Å². The van der Waals surface area contributed by atoms with Crippen LogP contribution >= 0.6 is 0 Å². The van der Waals surface area contributed by atoms with E-state index >= 15 is 0 Å². The van der Waals surface area contributed by atoms with Gasteiger partial charge >= 0.3 is 0 Å². The first kappa shape index (κ1) is 16.2. The molecule has 0 aromatic carbocycles. The van der Waals surface area contributed by atoms with E-state index in [1.807, 2.05) is 4.31 Å². The van der Waals surface area contributed by atoms with Crippen molar-refractivity contribution in [2.24, 2.45) is 11.8 Å². The summed E-state index contributed by atoms with van der Waals surface area (Å²) >= 11 is 0. The highest BCUT2D eigenvalue weighted by atomic mass is 32.2. The summed E-state index contributed by atoms with van der Waals surface area (Å²) in [7, 11) is -3.17. The van der Waals surface area contributed by atoms with Crippen molar-refractivity contribution in [1.82, 2.24) is 4.31 Å². The third-order valence-electron chi connectivity index (χ3n) is 4.85. The van der Waals surface area contributed by atoms with Gasteiger partial charge in [-0.25, -0.2) is 8.42 Å². The lowest BCUT2D eigenvalue weighted by Crippen LogP contribution is -2.48. The van der Waals surface area contributed by atoms with Crippen LogP contribution in [-0.2, 0) is 14.8 Å². The Balaban J connectivity index is 2.20. The molecular weight excluding hydrogens is 274 g/mol. The molecule has 20 heavy (non-hydrogen) atoms. The summed E-state index contributed by atoms with van der Waals surface area (Å²) in [5, 5.41) is -0.231. The molecule has 2 aliphatic rings. The van der Waals surface area contributed by atoms with Crippen molar-refractivity contribution in [1.29, 1.82) is 0 Å². The molecule has 0 aromatic rings. The quantitative estimate of drug-likeness (QED) is 0.805. The van der Waals surface area contributed by atoms with Gasteiger partial charge in [-0.15, -0.1) is 0 Å². The molecule has 2 fully saturated rings. The van der Waals surface area contributed by atoms with E-state index in [4.69, 9.17) is 4.74 Å². The molecule has 2 heterocycles. The average molecular weight is 303 g/mol. The molecule has 2 rings (SSSR count). The zero-order valence-corrected chi connectivity index (χ0v) is 13.9. The Morgan fingerprint density at radius 2 is 1.70 bits per heavy atom. The third kappa shape index (κ3) is 3.55. The lowest BCUT2D eigenvalue weighted by molar-refractivity contribution is 0.0964. The minimum atomic E-state index is -3.17. The third-order valence-corrected chi connectivity index (χ3v) is 7.27. The molecule has 0 radical (unpaired) electrons. The Kier molecular flexibility index (Phi) is 5.49. The van der Waals surface area contributed by atoms with Crippen LogP contribution in [0.4, 0.5) is 0 Å². The van der Waals surface area contributed by atoms with Crippen molar-refractivity contribution in [3.05, 3.63) is 0 Å². The summed E-state index contributed by atoms with van der Waals surface area (Å²) in [6.07, 6.45) is 4.44. The number of ether oxygens (including phenoxy) is 1. The molecule has 118 valence electrons. The number of rotatable bonds is 3. The van der Waals surface area contributed by atoms with Crippen LogP contribution in [0, 0.1) is 11.8 Å². The molecule has 2 aliphatic heterocycles. The number of nitrogens with zero attached hydrogens (tertiary/aromatic N) is 1. The van der Waals surface area contributed by atoms with Crippen molar-refractivity contribution < 1.29 is 13.2 Å². The second kappa shape index (κ2) is 6.75. The predicted molar refractivity (Wildman–Crippen MR) is 81.1 cm³/mol. The Bertz CT molecular complexity index is 401. The van der Waals surface area contributed by atoms with Crippen LogP contribution in [-0.4, -0.2) is 43.8 Å². The fourth-order valence-electron chi connectivity index (χ4n) is 3.40. The van der Waals surface area contributed by atoms with Crippen LogP contribution in [0.5, 0.6) is 0 Å². The van der Waals surface area contributed by atoms with Gasteiger partial charge in [0.05, 0.1) is 5.25 Å². The molecule has 5 heteroatoms. The standard InChI is InChI=1S/C15H29NO3S/c1-12(2)15-5-4-13(3)6-9-16(15)20(17,18)14-7-10-19-11-8-14/h12-15H,4-11H2,1-3H3/t13-,15+/m1/s1. The first-order valence-corrected chi connectivity index (χ1v) is 9.51. The fourth-order valence-corrected chi connectivity index (χ4v) is 5.66. The average Bonchev–Trinajstić information content (AvgIpc) is 2.62. The summed E-state index contributed by atoms with van der Waals surface area (Å²) in [6, 6.07) is 0.174. The largest absolute Gasteiger partial charge is 0.381 e. The molecule has 4 nitrogen and oxygen atoms in total. The van der Waals surface area contributed by atoms with E-state index < -0.39 is 10.0 Å². The van der Waals surface area contributed by atoms with Crippen LogP contribution in [0.25, 0.3) is 0 Å². The van der Waals surface area contributed by atoms with Crippen LogP contribution in [0.2, 0.25) is 0 Å². The van der Waals surface area contributed by atoms with E-state index in [9.17, 15) is 8.42 Å². The van der Waals surface area contributed by atoms with E-state index in [1.54, 1.807) is 0 Å². The number of hydrogen-bond donors (Lipinski definition) is 0. The smallest absolute Gasteiger partial charge is 0.217 e. The van der Waals surface area contributed by atoms with Gasteiger partial charge in [0.1, 0.15) is 0 Å². The van der Waals surface area contributed by atoms with E-state index in [0.29, 0.717) is 44.4 Å². The maximum Gasteiger partial charge on any atom is 0.217 e. The lowest BCUT2D eigenvalue weighted by Gasteiger charge is -2.35. The van der Waals surface area contributed by atoms with Gasteiger partial charge in [-0.1, -0.05) is 20.8 Å². The highest BCUT2D eigenvalue weighted by molar-refractivity contribution is 7.89. The van der Waals surface area contributed by atoms with E-state index in [1.165, 1.54) is 0 Å². The van der Waals surface area contributed by atoms with Gasteiger partial charge in [0, 0.05) is 25.8 Å². The van der Waals surface area contributed by atoms with Gasteiger partial charge < -0.3 is 4.74 Å². The summed E-state index contributed by atoms with van der Waals surface area (Å²) in [4.78, 5) is 0. The van der Waals surface area contributed by atoms with Crippen molar-refractivity contribution in [3.8, 4) is 0 Å². The van der Waals surface area contributed by atoms with Crippen molar-refractivity contribution in [3.63, 3.8) is 0 Å². The molecule has 0 aromatic heterocycles. The summed E-state index contributed by atoms with van der Waals surface area (Å²) in [5.74, 6) is 1.01. The van der Waals surface area contributed by atoms with Gasteiger partial charge in [0.2, 0.25) is 10.0 Å².